The molecule has 0 aliphatic carbocycles. The van der Waals surface area contributed by atoms with E-state index in [1.54, 1.807) is 13.8 Å². The summed E-state index contributed by atoms with van der Waals surface area (Å²) in [5.74, 6) is -1.90. The van der Waals surface area contributed by atoms with Gasteiger partial charge in [-0.1, -0.05) is 136 Å². The molecule has 67 heavy (non-hydrogen) atoms. The lowest BCUT2D eigenvalue weighted by molar-refractivity contribution is -0.143. The minimum atomic E-state index is -0.543. The van der Waals surface area contributed by atoms with Crippen LogP contribution in [0.15, 0.2) is 48.6 Å². The van der Waals surface area contributed by atoms with E-state index in [4.69, 9.17) is 18.9 Å². The maximum Gasteiger partial charge on any atom is 0.333 e. The van der Waals surface area contributed by atoms with Gasteiger partial charge in [0.25, 0.3) is 0 Å². The van der Waals surface area contributed by atoms with Crippen LogP contribution in [0.2, 0.25) is 0 Å². The molecule has 0 aromatic heterocycles. The molecule has 0 radical (unpaired) electrons. The SMILES string of the molecule is C=CC(=O)OCC(C)(C)CC(C)(C)CNC(=O)NCC(C)(C)CC(C)(C)COC(=O)C=CC=C(C)C(=O)OCC(C)(C)CC(C)(C)CNC(=O)NCC(C)(C)CC(C)(CC)COC(=O)C(=C)C. The molecule has 0 aromatic rings. The highest BCUT2D eigenvalue weighted by molar-refractivity contribution is 5.89. The fraction of sp³-hybridized carbons (Fsp3) is 0.736. The Morgan fingerprint density at radius 1 is 0.478 bits per heavy atom. The van der Waals surface area contributed by atoms with E-state index in [-0.39, 0.29) is 71.0 Å². The van der Waals surface area contributed by atoms with Crippen molar-refractivity contribution in [3.05, 3.63) is 48.6 Å². The van der Waals surface area contributed by atoms with Crippen molar-refractivity contribution in [3.8, 4) is 0 Å². The molecule has 1 unspecified atom stereocenters. The fourth-order valence-corrected chi connectivity index (χ4v) is 8.84. The minimum absolute atomic E-state index is 0.156. The quantitative estimate of drug-likeness (QED) is 0.0234. The van der Waals surface area contributed by atoms with Crippen molar-refractivity contribution in [1.82, 2.24) is 21.3 Å². The first-order valence-electron chi connectivity index (χ1n) is 23.6. The van der Waals surface area contributed by atoms with Gasteiger partial charge in [-0.3, -0.25) is 0 Å². The van der Waals surface area contributed by atoms with Crippen LogP contribution in [-0.4, -0.2) is 88.5 Å². The second-order valence-corrected chi connectivity index (χ2v) is 24.7. The third-order valence-electron chi connectivity index (χ3n) is 11.3. The first kappa shape index (κ1) is 62.4. The van der Waals surface area contributed by atoms with Crippen LogP contribution in [0.3, 0.4) is 0 Å². The highest BCUT2D eigenvalue weighted by Gasteiger charge is 2.35. The molecular formula is C53H92N4O10. The predicted octanol–water partition coefficient (Wildman–Crippen LogP) is 10.2. The molecule has 0 fully saturated rings. The van der Waals surface area contributed by atoms with Crippen LogP contribution in [0.4, 0.5) is 9.59 Å². The molecule has 4 N–H and O–H groups in total. The Morgan fingerprint density at radius 2 is 0.821 bits per heavy atom. The number of carbonyl (C=O) groups excluding carboxylic acids is 6. The Morgan fingerprint density at radius 3 is 1.18 bits per heavy atom. The highest BCUT2D eigenvalue weighted by Crippen LogP contribution is 2.38. The van der Waals surface area contributed by atoms with Crippen molar-refractivity contribution in [2.24, 2.45) is 43.3 Å². The highest BCUT2D eigenvalue weighted by atomic mass is 16.5. The number of allylic oxidation sites excluding steroid dienone is 2. The zero-order chi connectivity index (χ0) is 52.3. The molecule has 0 rings (SSSR count). The Balaban J connectivity index is 4.91. The smallest absolute Gasteiger partial charge is 0.333 e. The maximum absolute atomic E-state index is 12.9. The van der Waals surface area contributed by atoms with Crippen molar-refractivity contribution >= 4 is 35.9 Å². The average Bonchev–Trinajstić information content (AvgIpc) is 3.18. The molecule has 0 aromatic carbocycles. The number of nitrogens with one attached hydrogen (secondary N) is 4. The van der Waals surface area contributed by atoms with Gasteiger partial charge in [-0.2, -0.15) is 0 Å². The van der Waals surface area contributed by atoms with Crippen molar-refractivity contribution in [2.75, 3.05) is 52.6 Å². The summed E-state index contributed by atoms with van der Waals surface area (Å²) in [7, 11) is 0. The summed E-state index contributed by atoms with van der Waals surface area (Å²) in [6.45, 7) is 45.5. The van der Waals surface area contributed by atoms with Crippen LogP contribution in [0.25, 0.3) is 0 Å². The molecule has 384 valence electrons. The van der Waals surface area contributed by atoms with E-state index >= 15 is 0 Å². The molecule has 14 nitrogen and oxygen atoms in total. The fourth-order valence-electron chi connectivity index (χ4n) is 8.84. The van der Waals surface area contributed by atoms with E-state index in [0.29, 0.717) is 56.6 Å². The van der Waals surface area contributed by atoms with Gasteiger partial charge in [-0.15, -0.1) is 0 Å². The monoisotopic (exact) mass is 945 g/mol. The van der Waals surface area contributed by atoms with Crippen LogP contribution < -0.4 is 21.3 Å². The van der Waals surface area contributed by atoms with E-state index < -0.39 is 34.7 Å². The number of hydrogen-bond acceptors (Lipinski definition) is 10. The van der Waals surface area contributed by atoms with Gasteiger partial charge in [-0.05, 0) is 83.9 Å². The van der Waals surface area contributed by atoms with Crippen LogP contribution in [-0.2, 0) is 38.1 Å². The summed E-state index contributed by atoms with van der Waals surface area (Å²) in [5, 5.41) is 12.0. The van der Waals surface area contributed by atoms with Crippen LogP contribution in [0.5, 0.6) is 0 Å². The van der Waals surface area contributed by atoms with Gasteiger partial charge in [0.1, 0.15) is 0 Å². The number of esters is 4. The molecule has 0 spiro atoms. The van der Waals surface area contributed by atoms with E-state index in [9.17, 15) is 28.8 Å². The van der Waals surface area contributed by atoms with Gasteiger partial charge >= 0.3 is 35.9 Å². The molecule has 0 saturated heterocycles. The zero-order valence-corrected chi connectivity index (χ0v) is 45.0. The number of carbonyl (C=O) groups is 6. The van der Waals surface area contributed by atoms with Crippen molar-refractivity contribution < 1.29 is 47.7 Å². The number of hydrogen-bond donors (Lipinski definition) is 4. The molecule has 1 atom stereocenters. The minimum Gasteiger partial charge on any atom is -0.462 e. The second-order valence-electron chi connectivity index (χ2n) is 24.7. The normalized spacial score (nSPS) is 14.0. The first-order valence-corrected chi connectivity index (χ1v) is 23.6. The average molecular weight is 945 g/mol. The van der Waals surface area contributed by atoms with Gasteiger partial charge in [-0.25, -0.2) is 28.8 Å². The Kier molecular flexibility index (Phi) is 24.4. The van der Waals surface area contributed by atoms with Gasteiger partial charge in [0, 0.05) is 54.9 Å². The van der Waals surface area contributed by atoms with Gasteiger partial charge in [0.05, 0.1) is 26.4 Å². The predicted molar refractivity (Wildman–Crippen MR) is 268 cm³/mol. The molecular weight excluding hydrogens is 853 g/mol. The lowest BCUT2D eigenvalue weighted by atomic mass is 9.73. The van der Waals surface area contributed by atoms with Gasteiger partial charge in [0.15, 0.2) is 0 Å². The summed E-state index contributed by atoms with van der Waals surface area (Å²) in [5.41, 5.74) is -1.77. The van der Waals surface area contributed by atoms with E-state index in [1.165, 1.54) is 18.2 Å². The number of urea groups is 2. The number of amides is 4. The lowest BCUT2D eigenvalue weighted by Crippen LogP contribution is -2.46. The largest absolute Gasteiger partial charge is 0.462 e. The molecule has 0 saturated carbocycles. The van der Waals surface area contributed by atoms with Crippen LogP contribution in [0.1, 0.15) is 157 Å². The van der Waals surface area contributed by atoms with Crippen LogP contribution >= 0.6 is 0 Å². The third kappa shape index (κ3) is 29.0. The van der Waals surface area contributed by atoms with Crippen molar-refractivity contribution in [3.63, 3.8) is 0 Å². The summed E-state index contributed by atoms with van der Waals surface area (Å²) in [6.07, 6.45) is 8.96. The summed E-state index contributed by atoms with van der Waals surface area (Å²) in [4.78, 5) is 74.7. The zero-order valence-electron chi connectivity index (χ0n) is 45.0. The maximum atomic E-state index is 12.9. The first-order chi connectivity index (χ1) is 30.3. The summed E-state index contributed by atoms with van der Waals surface area (Å²) >= 11 is 0. The molecule has 0 heterocycles. The second kappa shape index (κ2) is 26.2. The summed E-state index contributed by atoms with van der Waals surface area (Å²) < 4.78 is 21.9. The Hall–Kier alpha value is -4.62. The Labute approximate surface area is 405 Å². The summed E-state index contributed by atoms with van der Waals surface area (Å²) in [6, 6.07) is -0.542. The third-order valence-corrected chi connectivity index (χ3v) is 11.3. The Bertz CT molecular complexity index is 1770. The van der Waals surface area contributed by atoms with E-state index in [1.807, 2.05) is 55.4 Å². The van der Waals surface area contributed by atoms with E-state index in [2.05, 4.69) is 89.8 Å². The molecule has 0 aliphatic rings. The van der Waals surface area contributed by atoms with Crippen molar-refractivity contribution in [1.29, 1.82) is 0 Å². The number of ether oxygens (including phenoxy) is 4. The van der Waals surface area contributed by atoms with E-state index in [0.717, 1.165) is 18.9 Å². The molecule has 4 amide bonds. The van der Waals surface area contributed by atoms with Crippen molar-refractivity contribution in [2.45, 2.75) is 157 Å². The topological polar surface area (TPSA) is 187 Å². The standard InChI is InChI=1S/C53H92N4O10/c1-21-40(58)64-34-50(14,15)26-46(6,7)30-54-44(62)55-31-47(8,9)27-51(16,17)35-65-41(59)25-23-24-39(5)43(61)66-36-52(18,19)28-48(10,11)32-56-45(63)57-33-49(12,13)29-53(20,22-2)37-67-42(60)38(3)4/h21,23-25H,1,3,22,26-37H2,2,4-20H3,(H2,54,55,62)(H2,56,57,63). The number of rotatable bonds is 30. The molecule has 0 bridgehead atoms. The van der Waals surface area contributed by atoms with Gasteiger partial charge < -0.3 is 40.2 Å². The lowest BCUT2D eigenvalue weighted by Gasteiger charge is -2.37. The molecule has 14 heteroatoms. The molecule has 0 aliphatic heterocycles. The van der Waals surface area contributed by atoms with Crippen LogP contribution in [0, 0.1) is 43.3 Å². The van der Waals surface area contributed by atoms with Gasteiger partial charge in [0.2, 0.25) is 0 Å².